The third kappa shape index (κ3) is 4.23. The second-order valence-corrected chi connectivity index (χ2v) is 8.70. The molecule has 0 bridgehead atoms. The lowest BCUT2D eigenvalue weighted by molar-refractivity contribution is -0.122. The predicted octanol–water partition coefficient (Wildman–Crippen LogP) is 2.52. The average Bonchev–Trinajstić information content (AvgIpc) is 3.16. The summed E-state index contributed by atoms with van der Waals surface area (Å²) in [5.41, 5.74) is 8.15. The maximum Gasteiger partial charge on any atom is 0.404 e. The van der Waals surface area contributed by atoms with Gasteiger partial charge in [0.25, 0.3) is 0 Å². The Morgan fingerprint density at radius 2 is 2.14 bits per heavy atom. The van der Waals surface area contributed by atoms with E-state index < -0.39 is 6.09 Å². The molecule has 2 aromatic rings. The van der Waals surface area contributed by atoms with E-state index in [1.165, 1.54) is 6.33 Å². The van der Waals surface area contributed by atoms with Crippen molar-refractivity contribution >= 4 is 17.8 Å². The van der Waals surface area contributed by atoms with Crippen molar-refractivity contribution in [3.8, 4) is 11.3 Å². The highest BCUT2D eigenvalue weighted by Gasteiger charge is 2.32. The molecule has 1 aliphatic carbocycles. The fraction of sp³-hybridized carbons (Fsp3) is 0.550. The first-order valence-corrected chi connectivity index (χ1v) is 9.95. The summed E-state index contributed by atoms with van der Waals surface area (Å²) in [4.78, 5) is 32.3. The molecule has 9 nitrogen and oxygen atoms in total. The summed E-state index contributed by atoms with van der Waals surface area (Å²) in [5, 5.41) is 7.36. The van der Waals surface area contributed by atoms with E-state index in [0.29, 0.717) is 12.2 Å². The van der Waals surface area contributed by atoms with E-state index in [0.717, 1.165) is 49.2 Å². The van der Waals surface area contributed by atoms with E-state index in [2.05, 4.69) is 34.2 Å². The quantitative estimate of drug-likeness (QED) is 0.815. The van der Waals surface area contributed by atoms with E-state index in [1.54, 1.807) is 6.07 Å². The Labute approximate surface area is 169 Å². The number of carbonyl (C=O) groups excluding carboxylic acids is 2. The Bertz CT molecular complexity index is 938. The smallest absolute Gasteiger partial charge is 0.404 e. The fourth-order valence-electron chi connectivity index (χ4n) is 4.32. The molecule has 2 aliphatic rings. The molecule has 3 heterocycles. The van der Waals surface area contributed by atoms with Gasteiger partial charge in [0.05, 0.1) is 11.9 Å². The minimum Gasteiger partial charge on any atom is -0.446 e. The van der Waals surface area contributed by atoms with Crippen LogP contribution in [0.3, 0.4) is 0 Å². The van der Waals surface area contributed by atoms with Gasteiger partial charge in [-0.05, 0) is 37.5 Å². The van der Waals surface area contributed by atoms with Crippen molar-refractivity contribution in [1.82, 2.24) is 19.7 Å². The topological polar surface area (TPSA) is 125 Å². The Kier molecular flexibility index (Phi) is 4.97. The average molecular weight is 398 g/mol. The van der Waals surface area contributed by atoms with Crippen LogP contribution in [0.4, 0.5) is 10.6 Å². The minimum atomic E-state index is -0.798. The molecule has 9 heteroatoms. The Balaban J connectivity index is 1.46. The molecule has 0 spiro atoms. The van der Waals surface area contributed by atoms with Gasteiger partial charge in [0, 0.05) is 29.8 Å². The van der Waals surface area contributed by atoms with Crippen LogP contribution in [0.2, 0.25) is 0 Å². The van der Waals surface area contributed by atoms with Gasteiger partial charge in [-0.25, -0.2) is 14.8 Å². The Morgan fingerprint density at radius 1 is 1.31 bits per heavy atom. The molecule has 4 rings (SSSR count). The largest absolute Gasteiger partial charge is 0.446 e. The van der Waals surface area contributed by atoms with Gasteiger partial charge in [0.2, 0.25) is 5.91 Å². The van der Waals surface area contributed by atoms with Crippen LogP contribution in [0.5, 0.6) is 0 Å². The van der Waals surface area contributed by atoms with E-state index in [9.17, 15) is 9.59 Å². The first-order chi connectivity index (χ1) is 13.8. The summed E-state index contributed by atoms with van der Waals surface area (Å²) >= 11 is 0. The summed E-state index contributed by atoms with van der Waals surface area (Å²) in [6, 6.07) is 1.78. The normalized spacial score (nSPS) is 22.7. The van der Waals surface area contributed by atoms with Crippen LogP contribution in [0, 0.1) is 11.3 Å². The maximum absolute atomic E-state index is 12.7. The molecule has 0 saturated heterocycles. The highest BCUT2D eigenvalue weighted by Crippen LogP contribution is 2.36. The molecule has 3 N–H and O–H groups in total. The number of hydrogen-bond acceptors (Lipinski definition) is 6. The molecule has 0 radical (unpaired) electrons. The number of ether oxygens (including phenoxy) is 1. The number of primary amides is 1. The number of hydrogen-bond donors (Lipinski definition) is 2. The Hall–Kier alpha value is -2.97. The molecule has 0 aromatic carbocycles. The monoisotopic (exact) mass is 398 g/mol. The van der Waals surface area contributed by atoms with Crippen molar-refractivity contribution in [3.63, 3.8) is 0 Å². The molecular formula is C20H26N6O3. The molecule has 2 amide bonds. The van der Waals surface area contributed by atoms with E-state index in [-0.39, 0.29) is 23.3 Å². The van der Waals surface area contributed by atoms with Gasteiger partial charge in [0.15, 0.2) is 0 Å². The number of amides is 2. The second kappa shape index (κ2) is 7.46. The molecule has 29 heavy (non-hydrogen) atoms. The van der Waals surface area contributed by atoms with Crippen LogP contribution in [-0.2, 0) is 22.5 Å². The van der Waals surface area contributed by atoms with Crippen molar-refractivity contribution in [2.45, 2.75) is 58.6 Å². The highest BCUT2D eigenvalue weighted by molar-refractivity contribution is 5.92. The molecular weight excluding hydrogens is 372 g/mol. The van der Waals surface area contributed by atoms with Crippen LogP contribution in [0.25, 0.3) is 11.3 Å². The molecule has 154 valence electrons. The highest BCUT2D eigenvalue weighted by atomic mass is 16.6. The molecule has 2 atom stereocenters. The lowest BCUT2D eigenvalue weighted by Crippen LogP contribution is -2.33. The van der Waals surface area contributed by atoms with Crippen LogP contribution in [-0.4, -0.2) is 37.9 Å². The summed E-state index contributed by atoms with van der Waals surface area (Å²) in [7, 11) is 0. The summed E-state index contributed by atoms with van der Waals surface area (Å²) in [6.45, 7) is 5.32. The minimum absolute atomic E-state index is 0.131. The second-order valence-electron chi connectivity index (χ2n) is 8.70. The molecule has 1 saturated carbocycles. The van der Waals surface area contributed by atoms with Gasteiger partial charge < -0.3 is 15.8 Å². The number of nitrogens with zero attached hydrogens (tertiary/aromatic N) is 4. The van der Waals surface area contributed by atoms with Crippen LogP contribution in [0.1, 0.15) is 45.2 Å². The number of nitrogens with one attached hydrogen (secondary N) is 1. The SMILES string of the molecule is CC1(C)Cc2c(-c3cc(NC(=O)[C@H]4CCC[C@@H](OC(N)=O)C4)ncn3)cnn2C1. The van der Waals surface area contributed by atoms with Crippen molar-refractivity contribution < 1.29 is 14.3 Å². The van der Waals surface area contributed by atoms with Crippen LogP contribution >= 0.6 is 0 Å². The number of carbonyl (C=O) groups is 2. The molecule has 2 aromatic heterocycles. The van der Waals surface area contributed by atoms with E-state index >= 15 is 0 Å². The zero-order valence-electron chi connectivity index (χ0n) is 16.7. The zero-order chi connectivity index (χ0) is 20.6. The maximum atomic E-state index is 12.7. The molecule has 1 aliphatic heterocycles. The van der Waals surface area contributed by atoms with Crippen molar-refractivity contribution in [3.05, 3.63) is 24.3 Å². The number of anilines is 1. The van der Waals surface area contributed by atoms with Gasteiger partial charge in [-0.1, -0.05) is 13.8 Å². The van der Waals surface area contributed by atoms with Gasteiger partial charge >= 0.3 is 6.09 Å². The first kappa shape index (κ1) is 19.4. The Morgan fingerprint density at radius 3 is 2.93 bits per heavy atom. The van der Waals surface area contributed by atoms with Crippen LogP contribution < -0.4 is 11.1 Å². The summed E-state index contributed by atoms with van der Waals surface area (Å²) < 4.78 is 7.10. The summed E-state index contributed by atoms with van der Waals surface area (Å²) in [6.07, 6.45) is 5.85. The third-order valence-corrected chi connectivity index (χ3v) is 5.65. The van der Waals surface area contributed by atoms with Crippen LogP contribution in [0.15, 0.2) is 18.6 Å². The van der Waals surface area contributed by atoms with Gasteiger partial charge in [0.1, 0.15) is 18.2 Å². The van der Waals surface area contributed by atoms with Crippen molar-refractivity contribution in [1.29, 1.82) is 0 Å². The van der Waals surface area contributed by atoms with E-state index in [1.807, 2.05) is 10.9 Å². The number of fused-ring (bicyclic) bond motifs is 1. The van der Waals surface area contributed by atoms with Gasteiger partial charge in [-0.2, -0.15) is 5.10 Å². The zero-order valence-corrected chi connectivity index (χ0v) is 16.7. The standard InChI is InChI=1S/C20H26N6O3/c1-20(2)8-16-14(9-24-26(16)10-20)15-7-17(23-11-22-15)25-18(27)12-4-3-5-13(6-12)29-19(21)28/h7,9,11-13H,3-6,8,10H2,1-2H3,(H2,21,28)(H,22,23,25,27)/t12-,13+/m0/s1. The molecule has 0 unspecified atom stereocenters. The number of nitrogens with two attached hydrogens (primary N) is 1. The molecule has 1 fully saturated rings. The summed E-state index contributed by atoms with van der Waals surface area (Å²) in [5.74, 6) is 0.0802. The number of rotatable bonds is 4. The lowest BCUT2D eigenvalue weighted by Gasteiger charge is -2.27. The van der Waals surface area contributed by atoms with Crippen molar-refractivity contribution in [2.24, 2.45) is 17.1 Å². The van der Waals surface area contributed by atoms with E-state index in [4.69, 9.17) is 10.5 Å². The first-order valence-electron chi connectivity index (χ1n) is 9.95. The predicted molar refractivity (Wildman–Crippen MR) is 106 cm³/mol. The number of aromatic nitrogens is 4. The lowest BCUT2D eigenvalue weighted by atomic mass is 9.86. The van der Waals surface area contributed by atoms with Gasteiger partial charge in [-0.3, -0.25) is 9.48 Å². The van der Waals surface area contributed by atoms with Gasteiger partial charge in [-0.15, -0.1) is 0 Å². The fourth-order valence-corrected chi connectivity index (χ4v) is 4.32. The third-order valence-electron chi connectivity index (χ3n) is 5.65. The van der Waals surface area contributed by atoms with Crippen molar-refractivity contribution in [2.75, 3.05) is 5.32 Å².